The van der Waals surface area contributed by atoms with Crippen LogP contribution in [0.5, 0.6) is 11.5 Å². The van der Waals surface area contributed by atoms with Gasteiger partial charge >= 0.3 is 7.82 Å². The number of phosphoric ester groups is 1. The number of hydrogen-bond donors (Lipinski definition) is 6. The van der Waals surface area contributed by atoms with Gasteiger partial charge in [-0.15, -0.1) is 0 Å². The number of phenolic OH excluding ortho intramolecular Hbond substituents is 1. The second-order valence-electron chi connectivity index (χ2n) is 4.99. The minimum absolute atomic E-state index is 0.0871. The van der Waals surface area contributed by atoms with E-state index in [0.717, 1.165) is 0 Å². The summed E-state index contributed by atoms with van der Waals surface area (Å²) in [6.07, 6.45) is 1.53. The van der Waals surface area contributed by atoms with Gasteiger partial charge in [0, 0.05) is 23.9 Å². The first-order valence-electron chi connectivity index (χ1n) is 7.13. The summed E-state index contributed by atoms with van der Waals surface area (Å²) in [5, 5.41) is 27.2. The standard InChI is InChI=1S/C8H12N2O2.C7H9O5P/c1-5-8(12)7(2-9)6(4-11)3-10-5;8-7-3-1-6(2-4-7)5-12-13(9,10)11/h3,11-12H,2,4,9H2,1H3;1-4,8H,5H2,(H2,9,10,11). The summed E-state index contributed by atoms with van der Waals surface area (Å²) in [4.78, 5) is 20.6. The van der Waals surface area contributed by atoms with Crippen molar-refractivity contribution in [3.63, 3.8) is 0 Å². The molecule has 0 spiro atoms. The van der Waals surface area contributed by atoms with Crippen molar-refractivity contribution in [2.24, 2.45) is 5.73 Å². The number of phosphoric acid groups is 1. The van der Waals surface area contributed by atoms with Gasteiger partial charge < -0.3 is 30.8 Å². The van der Waals surface area contributed by atoms with Gasteiger partial charge in [0.1, 0.15) is 11.5 Å². The van der Waals surface area contributed by atoms with Crippen molar-refractivity contribution in [3.05, 3.63) is 52.8 Å². The average molecular weight is 372 g/mol. The summed E-state index contributed by atoms with van der Waals surface area (Å²) in [6, 6.07) is 5.87. The first-order valence-corrected chi connectivity index (χ1v) is 8.66. The maximum atomic E-state index is 10.3. The zero-order valence-corrected chi connectivity index (χ0v) is 14.4. The SMILES string of the molecule is Cc1ncc(CO)c(CN)c1O.O=P(O)(O)OCc1ccc(O)cc1. The van der Waals surface area contributed by atoms with E-state index in [1.54, 1.807) is 6.92 Å². The molecule has 0 bridgehead atoms. The summed E-state index contributed by atoms with van der Waals surface area (Å²) < 4.78 is 14.5. The van der Waals surface area contributed by atoms with Crippen LogP contribution in [0.3, 0.4) is 0 Å². The van der Waals surface area contributed by atoms with Gasteiger partial charge in [-0.25, -0.2) is 4.57 Å². The molecule has 0 aliphatic rings. The molecule has 0 fully saturated rings. The van der Waals surface area contributed by atoms with E-state index < -0.39 is 7.82 Å². The Kier molecular flexibility index (Phi) is 7.98. The Morgan fingerprint density at radius 1 is 1.20 bits per heavy atom. The van der Waals surface area contributed by atoms with Crippen LogP contribution < -0.4 is 5.73 Å². The Hall–Kier alpha value is -2.00. The van der Waals surface area contributed by atoms with Crippen LogP contribution in [-0.2, 0) is 28.8 Å². The fourth-order valence-corrected chi connectivity index (χ4v) is 2.12. The molecule has 0 amide bonds. The maximum Gasteiger partial charge on any atom is 0.469 e. The lowest BCUT2D eigenvalue weighted by atomic mass is 10.1. The Labute approximate surface area is 144 Å². The number of benzene rings is 1. The lowest BCUT2D eigenvalue weighted by Crippen LogP contribution is -2.04. The average Bonchev–Trinajstić information content (AvgIpc) is 2.56. The molecule has 10 heteroatoms. The molecule has 2 rings (SSSR count). The Bertz CT molecular complexity index is 731. The smallest absolute Gasteiger partial charge is 0.469 e. The van der Waals surface area contributed by atoms with Crippen LogP contribution in [0.25, 0.3) is 0 Å². The summed E-state index contributed by atoms with van der Waals surface area (Å²) in [5.41, 5.74) is 7.67. The third kappa shape index (κ3) is 7.18. The maximum absolute atomic E-state index is 10.3. The summed E-state index contributed by atoms with van der Waals surface area (Å²) in [7, 11) is -4.41. The number of aryl methyl sites for hydroxylation is 1. The number of nitrogens with zero attached hydrogens (tertiary/aromatic N) is 1. The van der Waals surface area contributed by atoms with E-state index >= 15 is 0 Å². The molecule has 0 aliphatic carbocycles. The molecule has 25 heavy (non-hydrogen) atoms. The predicted octanol–water partition coefficient (Wildman–Crippen LogP) is 1.05. The molecule has 0 aliphatic heterocycles. The quantitative estimate of drug-likeness (QED) is 0.420. The number of pyridine rings is 1. The van der Waals surface area contributed by atoms with E-state index in [0.29, 0.717) is 22.4 Å². The van der Waals surface area contributed by atoms with Crippen molar-refractivity contribution in [2.45, 2.75) is 26.7 Å². The molecule has 0 radical (unpaired) electrons. The zero-order chi connectivity index (χ0) is 19.0. The van der Waals surface area contributed by atoms with E-state index in [2.05, 4.69) is 9.51 Å². The highest BCUT2D eigenvalue weighted by molar-refractivity contribution is 7.46. The summed E-state index contributed by atoms with van der Waals surface area (Å²) >= 11 is 0. The molecular weight excluding hydrogens is 351 g/mol. The van der Waals surface area contributed by atoms with Gasteiger partial charge in [0.25, 0.3) is 0 Å². The van der Waals surface area contributed by atoms with Gasteiger partial charge in [-0.2, -0.15) is 0 Å². The molecule has 0 saturated heterocycles. The topological polar surface area (TPSA) is 166 Å². The molecular formula is C15H21N2O7P. The number of aromatic hydroxyl groups is 2. The van der Waals surface area contributed by atoms with Gasteiger partial charge in [-0.3, -0.25) is 9.51 Å². The van der Waals surface area contributed by atoms with Crippen molar-refractivity contribution in [1.29, 1.82) is 0 Å². The van der Waals surface area contributed by atoms with Crippen LogP contribution in [0.1, 0.15) is 22.4 Å². The van der Waals surface area contributed by atoms with Gasteiger partial charge in [-0.1, -0.05) is 12.1 Å². The van der Waals surface area contributed by atoms with Crippen molar-refractivity contribution < 1.29 is 34.2 Å². The highest BCUT2D eigenvalue weighted by Crippen LogP contribution is 2.36. The zero-order valence-electron chi connectivity index (χ0n) is 13.5. The molecule has 138 valence electrons. The fourth-order valence-electron chi connectivity index (χ4n) is 1.80. The largest absolute Gasteiger partial charge is 0.508 e. The Morgan fingerprint density at radius 2 is 1.80 bits per heavy atom. The molecule has 7 N–H and O–H groups in total. The molecule has 1 aromatic heterocycles. The lowest BCUT2D eigenvalue weighted by Gasteiger charge is -2.08. The highest BCUT2D eigenvalue weighted by Gasteiger charge is 2.13. The Balaban J connectivity index is 0.000000251. The van der Waals surface area contributed by atoms with Crippen LogP contribution in [0.15, 0.2) is 30.5 Å². The van der Waals surface area contributed by atoms with E-state index in [1.807, 2.05) is 0 Å². The van der Waals surface area contributed by atoms with E-state index in [4.69, 9.17) is 25.7 Å². The monoisotopic (exact) mass is 372 g/mol. The number of phenols is 1. The minimum atomic E-state index is -4.41. The number of aliphatic hydroxyl groups excluding tert-OH is 1. The van der Waals surface area contributed by atoms with E-state index in [-0.39, 0.29) is 31.3 Å². The molecule has 1 aromatic carbocycles. The van der Waals surface area contributed by atoms with Gasteiger partial charge in [0.15, 0.2) is 0 Å². The molecule has 0 unspecified atom stereocenters. The molecule has 9 nitrogen and oxygen atoms in total. The molecule has 1 heterocycles. The fraction of sp³-hybridized carbons (Fsp3) is 0.267. The lowest BCUT2D eigenvalue weighted by molar-refractivity contribution is 0.189. The second kappa shape index (κ2) is 9.47. The van der Waals surface area contributed by atoms with Crippen LogP contribution >= 0.6 is 7.82 Å². The first-order chi connectivity index (χ1) is 11.7. The third-order valence-electron chi connectivity index (χ3n) is 3.14. The number of rotatable bonds is 5. The highest BCUT2D eigenvalue weighted by atomic mass is 31.2. The second-order valence-corrected chi connectivity index (χ2v) is 6.23. The molecule has 0 saturated carbocycles. The molecule has 0 atom stereocenters. The van der Waals surface area contributed by atoms with Crippen LogP contribution in [0.2, 0.25) is 0 Å². The summed E-state index contributed by atoms with van der Waals surface area (Å²) in [6.45, 7) is 1.58. The van der Waals surface area contributed by atoms with Crippen LogP contribution in [0.4, 0.5) is 0 Å². The Morgan fingerprint density at radius 3 is 2.28 bits per heavy atom. The van der Waals surface area contributed by atoms with Crippen molar-refractivity contribution in [2.75, 3.05) is 0 Å². The first kappa shape index (κ1) is 21.0. The van der Waals surface area contributed by atoms with Gasteiger partial charge in [0.05, 0.1) is 18.9 Å². The van der Waals surface area contributed by atoms with Crippen molar-refractivity contribution in [3.8, 4) is 11.5 Å². The van der Waals surface area contributed by atoms with Gasteiger partial charge in [0.2, 0.25) is 0 Å². The number of aliphatic hydroxyl groups is 1. The van der Waals surface area contributed by atoms with Crippen LogP contribution in [0, 0.1) is 6.92 Å². The molecule has 2 aromatic rings. The van der Waals surface area contributed by atoms with Crippen molar-refractivity contribution in [1.82, 2.24) is 4.98 Å². The summed E-state index contributed by atoms with van der Waals surface area (Å²) in [5.74, 6) is 0.184. The minimum Gasteiger partial charge on any atom is -0.508 e. The van der Waals surface area contributed by atoms with Gasteiger partial charge in [-0.05, 0) is 24.6 Å². The number of nitrogens with two attached hydrogens (primary N) is 1. The van der Waals surface area contributed by atoms with Crippen LogP contribution in [-0.4, -0.2) is 30.1 Å². The normalized spacial score (nSPS) is 10.9. The van der Waals surface area contributed by atoms with E-state index in [1.165, 1.54) is 30.5 Å². The third-order valence-corrected chi connectivity index (χ3v) is 3.61. The number of hydrogen-bond acceptors (Lipinski definition) is 7. The van der Waals surface area contributed by atoms with E-state index in [9.17, 15) is 9.67 Å². The predicted molar refractivity (Wildman–Crippen MR) is 89.4 cm³/mol. The number of aromatic nitrogens is 1. The van der Waals surface area contributed by atoms with Crippen molar-refractivity contribution >= 4 is 7.82 Å².